The first-order valence-electron chi connectivity index (χ1n) is 3.81. The summed E-state index contributed by atoms with van der Waals surface area (Å²) in [6.45, 7) is 2.58. The molecule has 0 saturated carbocycles. The summed E-state index contributed by atoms with van der Waals surface area (Å²) in [5.74, 6) is 5.28. The normalized spacial score (nSPS) is 12.9. The Morgan fingerprint density at radius 1 is 1.42 bits per heavy atom. The first kappa shape index (κ1) is 9.52. The molecule has 0 fully saturated rings. The third-order valence-corrected chi connectivity index (χ3v) is 2.04. The molecule has 1 atom stereocenters. The zero-order valence-corrected chi connectivity index (χ0v) is 7.71. The molecule has 0 aromatic heterocycles. The van der Waals surface area contributed by atoms with Crippen LogP contribution >= 0.6 is 11.6 Å². The molecule has 1 rings (SSSR count). The number of hydrogen-bond donors (Lipinski definition) is 1. The molecular weight excluding hydrogens is 174 g/mol. The van der Waals surface area contributed by atoms with E-state index < -0.39 is 0 Å². The van der Waals surface area contributed by atoms with Gasteiger partial charge in [-0.1, -0.05) is 30.7 Å². The van der Waals surface area contributed by atoms with Gasteiger partial charge in [-0.15, -0.1) is 0 Å². The first-order chi connectivity index (χ1) is 5.74. The quantitative estimate of drug-likeness (QED) is 0.734. The Kier molecular flexibility index (Phi) is 3.53. The summed E-state index contributed by atoms with van der Waals surface area (Å²) in [6, 6.07) is 7.69. The van der Waals surface area contributed by atoms with E-state index in [4.69, 9.17) is 17.5 Å². The standard InChI is InChI=1S/C9H12ClNO/c1-7(6-12-11)8-2-4-9(10)5-3-8/h2-5,7H,6,11H2,1H3. The van der Waals surface area contributed by atoms with Gasteiger partial charge in [-0.2, -0.15) is 0 Å². The molecule has 0 bridgehead atoms. The second-order valence-electron chi connectivity index (χ2n) is 2.79. The van der Waals surface area contributed by atoms with Gasteiger partial charge in [-0.3, -0.25) is 0 Å². The monoisotopic (exact) mass is 185 g/mol. The molecule has 2 nitrogen and oxygen atoms in total. The third-order valence-electron chi connectivity index (χ3n) is 1.79. The fraction of sp³-hybridized carbons (Fsp3) is 0.333. The zero-order chi connectivity index (χ0) is 8.97. The molecule has 2 N–H and O–H groups in total. The molecule has 1 aromatic carbocycles. The lowest BCUT2D eigenvalue weighted by atomic mass is 10.0. The molecule has 0 aliphatic heterocycles. The van der Waals surface area contributed by atoms with Crippen LogP contribution < -0.4 is 5.90 Å². The van der Waals surface area contributed by atoms with Gasteiger partial charge < -0.3 is 4.84 Å². The SMILES string of the molecule is CC(CON)c1ccc(Cl)cc1. The molecule has 66 valence electrons. The van der Waals surface area contributed by atoms with Gasteiger partial charge in [0.2, 0.25) is 0 Å². The molecule has 0 spiro atoms. The van der Waals surface area contributed by atoms with Crippen LogP contribution in [0.25, 0.3) is 0 Å². The van der Waals surface area contributed by atoms with Crippen molar-refractivity contribution in [1.82, 2.24) is 0 Å². The molecule has 0 amide bonds. The van der Waals surface area contributed by atoms with Crippen molar-refractivity contribution < 1.29 is 4.84 Å². The second-order valence-corrected chi connectivity index (χ2v) is 3.22. The third kappa shape index (κ3) is 2.48. The van der Waals surface area contributed by atoms with E-state index in [1.807, 2.05) is 24.3 Å². The van der Waals surface area contributed by atoms with Gasteiger partial charge in [-0.05, 0) is 17.7 Å². The van der Waals surface area contributed by atoms with Crippen LogP contribution in [0.2, 0.25) is 5.02 Å². The largest absolute Gasteiger partial charge is 0.304 e. The summed E-state index contributed by atoms with van der Waals surface area (Å²) in [6.07, 6.45) is 0. The molecule has 1 aromatic rings. The van der Waals surface area contributed by atoms with Crippen LogP contribution in [-0.4, -0.2) is 6.61 Å². The summed E-state index contributed by atoms with van der Waals surface area (Å²) in [5.41, 5.74) is 1.19. The zero-order valence-electron chi connectivity index (χ0n) is 6.96. The minimum atomic E-state index is 0.312. The minimum Gasteiger partial charge on any atom is -0.304 e. The maximum Gasteiger partial charge on any atom is 0.0745 e. The van der Waals surface area contributed by atoms with Crippen molar-refractivity contribution in [2.75, 3.05) is 6.61 Å². The van der Waals surface area contributed by atoms with Crippen LogP contribution in [0.15, 0.2) is 24.3 Å². The maximum absolute atomic E-state index is 5.74. The highest BCUT2D eigenvalue weighted by Crippen LogP contribution is 2.17. The molecule has 3 heteroatoms. The average Bonchev–Trinajstić information content (AvgIpc) is 2.06. The predicted octanol–water partition coefficient (Wildman–Crippen LogP) is 2.33. The van der Waals surface area contributed by atoms with Crippen LogP contribution in [0.5, 0.6) is 0 Å². The van der Waals surface area contributed by atoms with Crippen molar-refractivity contribution in [1.29, 1.82) is 0 Å². The van der Waals surface area contributed by atoms with E-state index in [0.29, 0.717) is 12.5 Å². The molecule has 12 heavy (non-hydrogen) atoms. The Morgan fingerprint density at radius 2 is 2.00 bits per heavy atom. The Balaban J connectivity index is 2.68. The lowest BCUT2D eigenvalue weighted by Crippen LogP contribution is -2.08. The molecule has 1 unspecified atom stereocenters. The topological polar surface area (TPSA) is 35.2 Å². The van der Waals surface area contributed by atoms with E-state index in [0.717, 1.165) is 5.02 Å². The lowest BCUT2D eigenvalue weighted by molar-refractivity contribution is 0.126. The van der Waals surface area contributed by atoms with Gasteiger partial charge in [0.05, 0.1) is 6.61 Å². The molecule has 0 saturated heterocycles. The van der Waals surface area contributed by atoms with Gasteiger partial charge in [0.1, 0.15) is 0 Å². The summed E-state index contributed by atoms with van der Waals surface area (Å²) >= 11 is 5.74. The van der Waals surface area contributed by atoms with Crippen molar-refractivity contribution >= 4 is 11.6 Å². The van der Waals surface area contributed by atoms with Crippen LogP contribution in [0.1, 0.15) is 18.4 Å². The number of nitrogens with two attached hydrogens (primary N) is 1. The second kappa shape index (κ2) is 4.45. The lowest BCUT2D eigenvalue weighted by Gasteiger charge is -2.09. The Labute approximate surface area is 77.2 Å². The van der Waals surface area contributed by atoms with E-state index in [2.05, 4.69) is 11.8 Å². The fourth-order valence-electron chi connectivity index (χ4n) is 1.03. The van der Waals surface area contributed by atoms with Crippen LogP contribution in [0.3, 0.4) is 0 Å². The van der Waals surface area contributed by atoms with Crippen molar-refractivity contribution in [3.8, 4) is 0 Å². The van der Waals surface area contributed by atoms with E-state index in [-0.39, 0.29) is 0 Å². The smallest absolute Gasteiger partial charge is 0.0745 e. The van der Waals surface area contributed by atoms with Crippen LogP contribution in [-0.2, 0) is 4.84 Å². The van der Waals surface area contributed by atoms with E-state index >= 15 is 0 Å². The summed E-state index contributed by atoms with van der Waals surface area (Å²) in [7, 11) is 0. The van der Waals surface area contributed by atoms with Crippen molar-refractivity contribution in [2.24, 2.45) is 5.90 Å². The number of benzene rings is 1. The van der Waals surface area contributed by atoms with E-state index in [9.17, 15) is 0 Å². The molecular formula is C9H12ClNO. The molecule has 0 aliphatic rings. The fourth-order valence-corrected chi connectivity index (χ4v) is 1.16. The highest BCUT2D eigenvalue weighted by atomic mass is 35.5. The summed E-state index contributed by atoms with van der Waals surface area (Å²) in [5, 5.41) is 0.750. The van der Waals surface area contributed by atoms with Crippen molar-refractivity contribution in [3.05, 3.63) is 34.9 Å². The maximum atomic E-state index is 5.74. The number of halogens is 1. The van der Waals surface area contributed by atoms with E-state index in [1.165, 1.54) is 5.56 Å². The van der Waals surface area contributed by atoms with Gasteiger partial charge in [0, 0.05) is 10.9 Å². The molecule has 0 heterocycles. The van der Waals surface area contributed by atoms with Crippen LogP contribution in [0.4, 0.5) is 0 Å². The van der Waals surface area contributed by atoms with Gasteiger partial charge in [0.25, 0.3) is 0 Å². The van der Waals surface area contributed by atoms with Crippen LogP contribution in [0, 0.1) is 0 Å². The first-order valence-corrected chi connectivity index (χ1v) is 4.19. The molecule has 0 aliphatic carbocycles. The summed E-state index contributed by atoms with van der Waals surface area (Å²) < 4.78 is 0. The highest BCUT2D eigenvalue weighted by molar-refractivity contribution is 6.30. The Morgan fingerprint density at radius 3 is 2.50 bits per heavy atom. The van der Waals surface area contributed by atoms with E-state index in [1.54, 1.807) is 0 Å². The number of rotatable bonds is 3. The highest BCUT2D eigenvalue weighted by Gasteiger charge is 2.03. The predicted molar refractivity (Wildman–Crippen MR) is 50.0 cm³/mol. The van der Waals surface area contributed by atoms with Gasteiger partial charge in [0.15, 0.2) is 0 Å². The van der Waals surface area contributed by atoms with Gasteiger partial charge in [-0.25, -0.2) is 5.90 Å². The Hall–Kier alpha value is -0.570. The van der Waals surface area contributed by atoms with Gasteiger partial charge >= 0.3 is 0 Å². The average molecular weight is 186 g/mol. The minimum absolute atomic E-state index is 0.312. The number of hydrogen-bond acceptors (Lipinski definition) is 2. The van der Waals surface area contributed by atoms with Crippen molar-refractivity contribution in [3.63, 3.8) is 0 Å². The molecule has 0 radical (unpaired) electrons. The Bertz CT molecular complexity index is 235. The summed E-state index contributed by atoms with van der Waals surface area (Å²) in [4.78, 5) is 4.56. The van der Waals surface area contributed by atoms with Crippen molar-refractivity contribution in [2.45, 2.75) is 12.8 Å².